The highest BCUT2D eigenvalue weighted by molar-refractivity contribution is 7.99. The van der Waals surface area contributed by atoms with Crippen LogP contribution in [0.25, 0.3) is 0 Å². The molecule has 0 bridgehead atoms. The van der Waals surface area contributed by atoms with Gasteiger partial charge in [-0.1, -0.05) is 116 Å². The third-order valence-electron chi connectivity index (χ3n) is 5.09. The summed E-state index contributed by atoms with van der Waals surface area (Å²) in [6.45, 7) is 2.29. The predicted octanol–water partition coefficient (Wildman–Crippen LogP) is 6.90. The molecule has 0 aromatic rings. The van der Waals surface area contributed by atoms with Gasteiger partial charge in [-0.05, 0) is 24.3 Å². The summed E-state index contributed by atoms with van der Waals surface area (Å²) in [5.41, 5.74) is 0. The molecular weight excluding hydrogens is 340 g/mol. The van der Waals surface area contributed by atoms with E-state index in [1.54, 1.807) is 11.8 Å². The lowest BCUT2D eigenvalue weighted by molar-refractivity contribution is -0.305. The summed E-state index contributed by atoms with van der Waals surface area (Å²) >= 11 is 1.75. The molecule has 0 aliphatic heterocycles. The van der Waals surface area contributed by atoms with Crippen molar-refractivity contribution in [2.45, 2.75) is 129 Å². The van der Waals surface area contributed by atoms with Gasteiger partial charge >= 0.3 is 0 Å². The zero-order valence-corrected chi connectivity index (χ0v) is 18.4. The molecule has 0 amide bonds. The lowest BCUT2D eigenvalue weighted by Gasteiger charge is -2.04. The molecule has 0 aromatic carbocycles. The summed E-state index contributed by atoms with van der Waals surface area (Å²) in [5.74, 6) is 0.892. The molecule has 0 saturated heterocycles. The Morgan fingerprint density at radius 2 is 0.923 bits per heavy atom. The number of hydrogen-bond donors (Lipinski definition) is 0. The van der Waals surface area contributed by atoms with Crippen LogP contribution in [0.4, 0.5) is 0 Å². The number of hydrogen-bond acceptors (Lipinski definition) is 3. The first-order valence-electron chi connectivity index (χ1n) is 11.5. The Labute approximate surface area is 168 Å². The van der Waals surface area contributed by atoms with Crippen LogP contribution in [0.5, 0.6) is 0 Å². The van der Waals surface area contributed by atoms with E-state index in [0.717, 1.165) is 5.75 Å². The standard InChI is InChI=1S/C23H46O2S/c1-2-3-4-5-6-7-8-9-10-11-12-13-14-15-16-17-18-19-21-26-22-20-23(24)25/h2-22H2,1H3,(H,24,25)/p-1. The number of rotatable bonds is 22. The fourth-order valence-corrected chi connectivity index (χ4v) is 4.29. The first-order chi connectivity index (χ1) is 12.8. The Bertz CT molecular complexity index is 281. The summed E-state index contributed by atoms with van der Waals surface area (Å²) in [6.07, 6.45) is 25.5. The topological polar surface area (TPSA) is 40.1 Å². The van der Waals surface area contributed by atoms with Crippen molar-refractivity contribution in [1.29, 1.82) is 0 Å². The van der Waals surface area contributed by atoms with E-state index >= 15 is 0 Å². The summed E-state index contributed by atoms with van der Waals surface area (Å²) in [7, 11) is 0. The van der Waals surface area contributed by atoms with Crippen LogP contribution in [-0.4, -0.2) is 17.5 Å². The summed E-state index contributed by atoms with van der Waals surface area (Å²) in [4.78, 5) is 10.3. The van der Waals surface area contributed by atoms with Crippen LogP contribution in [0.15, 0.2) is 0 Å². The number of carboxylic acid groups (broad SMARTS) is 1. The van der Waals surface area contributed by atoms with E-state index in [4.69, 9.17) is 0 Å². The van der Waals surface area contributed by atoms with Crippen molar-refractivity contribution in [3.8, 4) is 0 Å². The van der Waals surface area contributed by atoms with Gasteiger partial charge in [0, 0.05) is 5.97 Å². The van der Waals surface area contributed by atoms with E-state index in [1.165, 1.54) is 116 Å². The van der Waals surface area contributed by atoms with Crippen LogP contribution in [0.2, 0.25) is 0 Å². The second-order valence-corrected chi connectivity index (χ2v) is 8.97. The SMILES string of the molecule is CCCCCCCCCCCCCCCCCCCCSCCC(=O)[O-]. The molecule has 0 N–H and O–H groups in total. The van der Waals surface area contributed by atoms with Crippen LogP contribution in [0.1, 0.15) is 129 Å². The minimum atomic E-state index is -0.921. The van der Waals surface area contributed by atoms with Crippen LogP contribution < -0.4 is 5.11 Å². The van der Waals surface area contributed by atoms with Gasteiger partial charge in [0.15, 0.2) is 0 Å². The van der Waals surface area contributed by atoms with E-state index < -0.39 is 5.97 Å². The van der Waals surface area contributed by atoms with E-state index in [1.807, 2.05) is 0 Å². The molecule has 0 aliphatic rings. The van der Waals surface area contributed by atoms with Crippen molar-refractivity contribution in [3.05, 3.63) is 0 Å². The third kappa shape index (κ3) is 23.8. The molecule has 0 atom stereocenters. The number of carbonyl (C=O) groups is 1. The van der Waals surface area contributed by atoms with Gasteiger partial charge in [0.2, 0.25) is 0 Å². The number of aliphatic carboxylic acids is 1. The molecule has 26 heavy (non-hydrogen) atoms. The first kappa shape index (κ1) is 25.8. The summed E-state index contributed by atoms with van der Waals surface area (Å²) in [6, 6.07) is 0. The molecule has 0 aliphatic carbocycles. The molecule has 0 rings (SSSR count). The van der Waals surface area contributed by atoms with Crippen LogP contribution >= 0.6 is 11.8 Å². The average molecular weight is 386 g/mol. The van der Waals surface area contributed by atoms with Crippen molar-refractivity contribution < 1.29 is 9.90 Å². The molecule has 0 unspecified atom stereocenters. The maximum atomic E-state index is 10.3. The van der Waals surface area contributed by atoms with E-state index in [0.29, 0.717) is 5.75 Å². The van der Waals surface area contributed by atoms with Gasteiger partial charge in [0.25, 0.3) is 0 Å². The molecule has 0 saturated carbocycles. The van der Waals surface area contributed by atoms with Crippen molar-refractivity contribution in [2.24, 2.45) is 0 Å². The van der Waals surface area contributed by atoms with Crippen molar-refractivity contribution in [1.82, 2.24) is 0 Å². The lowest BCUT2D eigenvalue weighted by atomic mass is 10.0. The van der Waals surface area contributed by atoms with Gasteiger partial charge in [-0.15, -0.1) is 0 Å². The largest absolute Gasteiger partial charge is 0.550 e. The van der Waals surface area contributed by atoms with Gasteiger partial charge in [-0.2, -0.15) is 11.8 Å². The molecule has 156 valence electrons. The quantitative estimate of drug-likeness (QED) is 0.190. The maximum absolute atomic E-state index is 10.3. The highest BCUT2D eigenvalue weighted by Crippen LogP contribution is 2.15. The van der Waals surface area contributed by atoms with E-state index in [-0.39, 0.29) is 6.42 Å². The van der Waals surface area contributed by atoms with Crippen LogP contribution in [0.3, 0.4) is 0 Å². The number of thioether (sulfide) groups is 1. The van der Waals surface area contributed by atoms with Crippen LogP contribution in [0, 0.1) is 0 Å². The Balaban J connectivity index is 2.98. The normalized spacial score (nSPS) is 11.1. The van der Waals surface area contributed by atoms with Crippen molar-refractivity contribution in [3.63, 3.8) is 0 Å². The number of carbonyl (C=O) groups excluding carboxylic acids is 1. The Morgan fingerprint density at radius 3 is 1.27 bits per heavy atom. The van der Waals surface area contributed by atoms with Gasteiger partial charge < -0.3 is 9.90 Å². The number of carboxylic acids is 1. The minimum absolute atomic E-state index is 0.198. The van der Waals surface area contributed by atoms with Gasteiger partial charge in [0.1, 0.15) is 0 Å². The first-order valence-corrected chi connectivity index (χ1v) is 12.7. The van der Waals surface area contributed by atoms with Gasteiger partial charge in [-0.25, -0.2) is 0 Å². The molecule has 0 radical (unpaired) electrons. The Morgan fingerprint density at radius 1 is 0.577 bits per heavy atom. The average Bonchev–Trinajstić information content (AvgIpc) is 2.62. The van der Waals surface area contributed by atoms with Gasteiger partial charge in [0.05, 0.1) is 0 Å². The monoisotopic (exact) mass is 385 g/mol. The van der Waals surface area contributed by atoms with Crippen LogP contribution in [-0.2, 0) is 4.79 Å². The molecule has 2 nitrogen and oxygen atoms in total. The molecule has 3 heteroatoms. The molecule has 0 spiro atoms. The van der Waals surface area contributed by atoms with Crippen molar-refractivity contribution in [2.75, 3.05) is 11.5 Å². The highest BCUT2D eigenvalue weighted by atomic mass is 32.2. The fourth-order valence-electron chi connectivity index (χ4n) is 3.36. The zero-order valence-electron chi connectivity index (χ0n) is 17.6. The summed E-state index contributed by atoms with van der Waals surface area (Å²) in [5, 5.41) is 10.3. The van der Waals surface area contributed by atoms with E-state index in [9.17, 15) is 9.90 Å². The second-order valence-electron chi connectivity index (χ2n) is 7.74. The number of unbranched alkanes of at least 4 members (excludes halogenated alkanes) is 17. The zero-order chi connectivity index (χ0) is 19.1. The molecule has 0 fully saturated rings. The van der Waals surface area contributed by atoms with Crippen molar-refractivity contribution >= 4 is 17.7 Å². The fraction of sp³-hybridized carbons (Fsp3) is 0.957. The predicted molar refractivity (Wildman–Crippen MR) is 116 cm³/mol. The molecule has 0 aromatic heterocycles. The maximum Gasteiger partial charge on any atom is 0.0422 e. The summed E-state index contributed by atoms with van der Waals surface area (Å²) < 4.78 is 0. The molecular formula is C23H45O2S-. The smallest absolute Gasteiger partial charge is 0.0422 e. The Hall–Kier alpha value is -0.180. The van der Waals surface area contributed by atoms with Gasteiger partial charge in [-0.3, -0.25) is 0 Å². The lowest BCUT2D eigenvalue weighted by Crippen LogP contribution is -2.22. The Kier molecular flexibility index (Phi) is 22.7. The van der Waals surface area contributed by atoms with E-state index in [2.05, 4.69) is 6.92 Å². The highest BCUT2D eigenvalue weighted by Gasteiger charge is 1.95. The minimum Gasteiger partial charge on any atom is -0.550 e. The molecule has 0 heterocycles. The third-order valence-corrected chi connectivity index (χ3v) is 6.16. The second kappa shape index (κ2) is 22.9.